The van der Waals surface area contributed by atoms with Crippen molar-refractivity contribution < 1.29 is 9.59 Å². The maximum atomic E-state index is 12.5. The number of nitrogens with zero attached hydrogens (tertiary/aromatic N) is 2. The third-order valence-electron chi connectivity index (χ3n) is 4.86. The molecule has 150 valence electrons. The zero-order chi connectivity index (χ0) is 21.1. The molecule has 0 saturated carbocycles. The van der Waals surface area contributed by atoms with Gasteiger partial charge in [0.2, 0.25) is 11.8 Å². The highest BCUT2D eigenvalue weighted by atomic mass is 16.2. The van der Waals surface area contributed by atoms with Gasteiger partial charge in [0, 0.05) is 12.7 Å². The highest BCUT2D eigenvalue weighted by molar-refractivity contribution is 5.95. The molecule has 8 heteroatoms. The molecule has 29 heavy (non-hydrogen) atoms. The number of carbonyl (C=O) groups is 2. The molecule has 0 aliphatic carbocycles. The summed E-state index contributed by atoms with van der Waals surface area (Å²) in [7, 11) is 1.47. The topological polar surface area (TPSA) is 104 Å². The van der Waals surface area contributed by atoms with Crippen LogP contribution in [0.5, 0.6) is 0 Å². The molecule has 1 heterocycles. The molecule has 0 aliphatic rings. The monoisotopic (exact) mass is 394 g/mol. The SMILES string of the molecule is Cc1cccc(NC(=O)CN(C)C(=O)Cn2[nH]c(=O)c3ccccc3c2=O)c1C. The van der Waals surface area contributed by atoms with Crippen LogP contribution in [0, 0.1) is 13.8 Å². The first kappa shape index (κ1) is 20.1. The van der Waals surface area contributed by atoms with Crippen LogP contribution in [0.25, 0.3) is 10.8 Å². The minimum absolute atomic E-state index is 0.182. The molecule has 0 radical (unpaired) electrons. The third-order valence-corrected chi connectivity index (χ3v) is 4.86. The summed E-state index contributed by atoms with van der Waals surface area (Å²) in [5.74, 6) is -0.831. The van der Waals surface area contributed by atoms with Gasteiger partial charge in [0.25, 0.3) is 11.1 Å². The zero-order valence-electron chi connectivity index (χ0n) is 16.5. The van der Waals surface area contributed by atoms with Crippen molar-refractivity contribution in [2.45, 2.75) is 20.4 Å². The number of carbonyl (C=O) groups excluding carboxylic acids is 2. The number of aromatic nitrogens is 2. The van der Waals surface area contributed by atoms with Crippen LogP contribution in [0.4, 0.5) is 5.69 Å². The van der Waals surface area contributed by atoms with Crippen molar-refractivity contribution in [1.82, 2.24) is 14.7 Å². The number of anilines is 1. The highest BCUT2D eigenvalue weighted by Gasteiger charge is 2.16. The van der Waals surface area contributed by atoms with Crippen molar-refractivity contribution in [3.8, 4) is 0 Å². The fourth-order valence-corrected chi connectivity index (χ4v) is 2.99. The van der Waals surface area contributed by atoms with E-state index in [1.54, 1.807) is 24.3 Å². The highest BCUT2D eigenvalue weighted by Crippen LogP contribution is 2.17. The van der Waals surface area contributed by atoms with E-state index in [2.05, 4.69) is 10.4 Å². The third kappa shape index (κ3) is 4.26. The average molecular weight is 394 g/mol. The number of hydrogen-bond acceptors (Lipinski definition) is 4. The molecule has 2 aromatic carbocycles. The molecule has 0 fully saturated rings. The first-order chi connectivity index (χ1) is 13.8. The van der Waals surface area contributed by atoms with Gasteiger partial charge in [-0.3, -0.25) is 24.3 Å². The Morgan fingerprint density at radius 3 is 2.45 bits per heavy atom. The van der Waals surface area contributed by atoms with Gasteiger partial charge in [0.15, 0.2) is 0 Å². The van der Waals surface area contributed by atoms with Crippen LogP contribution < -0.4 is 16.4 Å². The lowest BCUT2D eigenvalue weighted by molar-refractivity contribution is -0.134. The number of aromatic amines is 1. The lowest BCUT2D eigenvalue weighted by Gasteiger charge is -2.18. The van der Waals surface area contributed by atoms with E-state index >= 15 is 0 Å². The van der Waals surface area contributed by atoms with Gasteiger partial charge in [-0.15, -0.1) is 0 Å². The average Bonchev–Trinajstić information content (AvgIpc) is 2.69. The van der Waals surface area contributed by atoms with E-state index < -0.39 is 17.0 Å². The maximum absolute atomic E-state index is 12.5. The van der Waals surface area contributed by atoms with Gasteiger partial charge in [0.05, 0.1) is 17.3 Å². The second-order valence-corrected chi connectivity index (χ2v) is 6.92. The molecule has 0 unspecified atom stereocenters. The van der Waals surface area contributed by atoms with Gasteiger partial charge in [-0.25, -0.2) is 4.68 Å². The molecular formula is C21H22N4O4. The minimum Gasteiger partial charge on any atom is -0.335 e. The molecule has 3 rings (SSSR count). The van der Waals surface area contributed by atoms with Crippen LogP contribution in [-0.4, -0.2) is 40.1 Å². The summed E-state index contributed by atoms with van der Waals surface area (Å²) >= 11 is 0. The summed E-state index contributed by atoms with van der Waals surface area (Å²) in [4.78, 5) is 50.7. The lowest BCUT2D eigenvalue weighted by Crippen LogP contribution is -2.40. The molecule has 1 aromatic heterocycles. The predicted octanol–water partition coefficient (Wildman–Crippen LogP) is 1.40. The molecule has 3 aromatic rings. The van der Waals surface area contributed by atoms with E-state index in [1.165, 1.54) is 18.0 Å². The molecule has 0 saturated heterocycles. The second kappa shape index (κ2) is 8.14. The van der Waals surface area contributed by atoms with E-state index in [1.807, 2.05) is 26.0 Å². The van der Waals surface area contributed by atoms with E-state index in [9.17, 15) is 19.2 Å². The van der Waals surface area contributed by atoms with Crippen LogP contribution in [0.15, 0.2) is 52.1 Å². The van der Waals surface area contributed by atoms with Crippen molar-refractivity contribution in [1.29, 1.82) is 0 Å². The maximum Gasteiger partial charge on any atom is 0.273 e. The fraction of sp³-hybridized carbons (Fsp3) is 0.238. The summed E-state index contributed by atoms with van der Waals surface area (Å²) < 4.78 is 0.964. The van der Waals surface area contributed by atoms with Crippen LogP contribution in [0.2, 0.25) is 0 Å². The number of benzene rings is 2. The molecule has 0 spiro atoms. The number of H-pyrrole nitrogens is 1. The number of fused-ring (bicyclic) bond motifs is 1. The van der Waals surface area contributed by atoms with E-state index in [0.29, 0.717) is 5.69 Å². The summed E-state index contributed by atoms with van der Waals surface area (Å²) in [6, 6.07) is 12.0. The van der Waals surface area contributed by atoms with E-state index in [4.69, 9.17) is 0 Å². The van der Waals surface area contributed by atoms with Crippen LogP contribution in [-0.2, 0) is 16.1 Å². The van der Waals surface area contributed by atoms with Crippen molar-refractivity contribution in [3.05, 3.63) is 74.3 Å². The van der Waals surface area contributed by atoms with Gasteiger partial charge < -0.3 is 10.2 Å². The van der Waals surface area contributed by atoms with Gasteiger partial charge >= 0.3 is 0 Å². The summed E-state index contributed by atoms with van der Waals surface area (Å²) in [6.45, 7) is 3.30. The Kier molecular flexibility index (Phi) is 5.63. The quantitative estimate of drug-likeness (QED) is 0.683. The molecule has 2 amide bonds. The minimum atomic E-state index is -0.478. The fourth-order valence-electron chi connectivity index (χ4n) is 2.99. The molecule has 2 N–H and O–H groups in total. The van der Waals surface area contributed by atoms with Gasteiger partial charge in [-0.2, -0.15) is 0 Å². The first-order valence-electron chi connectivity index (χ1n) is 9.10. The van der Waals surface area contributed by atoms with E-state index in [0.717, 1.165) is 15.8 Å². The summed E-state index contributed by atoms with van der Waals surface area (Å²) in [5.41, 5.74) is 1.76. The Morgan fingerprint density at radius 1 is 1.03 bits per heavy atom. The number of nitrogens with one attached hydrogen (secondary N) is 2. The van der Waals surface area contributed by atoms with Crippen molar-refractivity contribution in [3.63, 3.8) is 0 Å². The molecule has 0 aliphatic heterocycles. The summed E-state index contributed by atoms with van der Waals surface area (Å²) in [6.07, 6.45) is 0. The van der Waals surface area contributed by atoms with Crippen LogP contribution in [0.1, 0.15) is 11.1 Å². The second-order valence-electron chi connectivity index (χ2n) is 6.92. The Hall–Kier alpha value is -3.68. The Bertz CT molecular complexity index is 1210. The van der Waals surface area contributed by atoms with Crippen molar-refractivity contribution >= 4 is 28.3 Å². The van der Waals surface area contributed by atoms with Crippen molar-refractivity contribution in [2.75, 3.05) is 18.9 Å². The van der Waals surface area contributed by atoms with Crippen LogP contribution in [0.3, 0.4) is 0 Å². The summed E-state index contributed by atoms with van der Waals surface area (Å²) in [5, 5.41) is 5.70. The van der Waals surface area contributed by atoms with Crippen LogP contribution >= 0.6 is 0 Å². The van der Waals surface area contributed by atoms with Crippen molar-refractivity contribution in [2.24, 2.45) is 0 Å². The predicted molar refractivity (Wildman–Crippen MR) is 111 cm³/mol. The molecule has 0 atom stereocenters. The number of amides is 2. The molecule has 0 bridgehead atoms. The normalized spacial score (nSPS) is 10.7. The number of aryl methyl sites for hydroxylation is 1. The Morgan fingerprint density at radius 2 is 1.72 bits per heavy atom. The Labute approximate surface area is 166 Å². The smallest absolute Gasteiger partial charge is 0.273 e. The number of hydrogen-bond donors (Lipinski definition) is 2. The standard InChI is InChI=1S/C21H22N4O4/c1-13-7-6-10-17(14(13)2)22-18(26)11-24(3)19(27)12-25-21(29)16-9-5-4-8-15(16)20(28)23-25/h4-10H,11-12H2,1-3H3,(H,22,26)(H,23,28). The lowest BCUT2D eigenvalue weighted by atomic mass is 10.1. The number of rotatable bonds is 5. The first-order valence-corrected chi connectivity index (χ1v) is 9.10. The molecular weight excluding hydrogens is 372 g/mol. The van der Waals surface area contributed by atoms with Gasteiger partial charge in [0.1, 0.15) is 6.54 Å². The number of likely N-dealkylation sites (N-methyl/N-ethyl adjacent to an activating group) is 1. The van der Waals surface area contributed by atoms with Gasteiger partial charge in [-0.1, -0.05) is 24.3 Å². The zero-order valence-corrected chi connectivity index (χ0v) is 16.5. The van der Waals surface area contributed by atoms with Gasteiger partial charge in [-0.05, 0) is 43.2 Å². The Balaban J connectivity index is 1.71. The largest absolute Gasteiger partial charge is 0.335 e. The van der Waals surface area contributed by atoms with E-state index in [-0.39, 0.29) is 29.8 Å². The molecule has 8 nitrogen and oxygen atoms in total.